The Hall–Kier alpha value is -0.570. The molecular weight excluding hydrogens is 240 g/mol. The van der Waals surface area contributed by atoms with Gasteiger partial charge in [-0.15, -0.1) is 0 Å². The van der Waals surface area contributed by atoms with Gasteiger partial charge in [-0.2, -0.15) is 0 Å². The zero-order valence-electron chi connectivity index (χ0n) is 12.6. The zero-order chi connectivity index (χ0) is 13.8. The fourth-order valence-electron chi connectivity index (χ4n) is 3.20. The highest BCUT2D eigenvalue weighted by Gasteiger charge is 2.29. The smallest absolute Gasteiger partial charge is 0.311 e. The van der Waals surface area contributed by atoms with Crippen molar-refractivity contribution in [3.63, 3.8) is 0 Å². The summed E-state index contributed by atoms with van der Waals surface area (Å²) >= 11 is 0. The Balaban J connectivity index is 1.69. The van der Waals surface area contributed by atoms with Crippen LogP contribution in [-0.4, -0.2) is 25.3 Å². The summed E-state index contributed by atoms with van der Waals surface area (Å²) in [6.07, 6.45) is 5.86. The van der Waals surface area contributed by atoms with E-state index < -0.39 is 0 Å². The van der Waals surface area contributed by atoms with Crippen molar-refractivity contribution in [3.05, 3.63) is 0 Å². The number of rotatable bonds is 3. The molecule has 0 amide bonds. The molecule has 1 aliphatic heterocycles. The Morgan fingerprint density at radius 3 is 2.53 bits per heavy atom. The highest BCUT2D eigenvalue weighted by Crippen LogP contribution is 2.33. The van der Waals surface area contributed by atoms with Gasteiger partial charge in [-0.3, -0.25) is 4.79 Å². The van der Waals surface area contributed by atoms with Crippen LogP contribution < -0.4 is 0 Å². The monoisotopic (exact) mass is 268 g/mol. The van der Waals surface area contributed by atoms with E-state index in [2.05, 4.69) is 20.8 Å². The third kappa shape index (κ3) is 4.20. The van der Waals surface area contributed by atoms with Crippen LogP contribution in [0.15, 0.2) is 0 Å². The van der Waals surface area contributed by atoms with Crippen LogP contribution in [-0.2, 0) is 14.3 Å². The quantitative estimate of drug-likeness (QED) is 0.736. The molecule has 0 aromatic heterocycles. The summed E-state index contributed by atoms with van der Waals surface area (Å²) in [5.74, 6) is 2.07. The number of ether oxygens (including phenoxy) is 2. The van der Waals surface area contributed by atoms with Crippen LogP contribution in [0.2, 0.25) is 0 Å². The van der Waals surface area contributed by atoms with Crippen molar-refractivity contribution >= 4 is 5.97 Å². The molecule has 5 unspecified atom stereocenters. The number of hydrogen-bond donors (Lipinski definition) is 0. The first-order chi connectivity index (χ1) is 9.06. The van der Waals surface area contributed by atoms with Crippen LogP contribution >= 0.6 is 0 Å². The van der Waals surface area contributed by atoms with Gasteiger partial charge >= 0.3 is 5.97 Å². The molecule has 1 saturated carbocycles. The van der Waals surface area contributed by atoms with Gasteiger partial charge < -0.3 is 9.47 Å². The van der Waals surface area contributed by atoms with Gasteiger partial charge in [0.2, 0.25) is 0 Å². The van der Waals surface area contributed by atoms with Crippen molar-refractivity contribution in [2.24, 2.45) is 23.7 Å². The summed E-state index contributed by atoms with van der Waals surface area (Å²) in [6, 6.07) is 0. The maximum Gasteiger partial charge on any atom is 0.311 e. The summed E-state index contributed by atoms with van der Waals surface area (Å²) in [5.41, 5.74) is 0. The Bertz CT molecular complexity index is 294. The largest absolute Gasteiger partial charge is 0.465 e. The van der Waals surface area contributed by atoms with Crippen molar-refractivity contribution < 1.29 is 14.3 Å². The van der Waals surface area contributed by atoms with E-state index in [0.717, 1.165) is 24.7 Å². The van der Waals surface area contributed by atoms with Crippen molar-refractivity contribution in [2.45, 2.75) is 59.0 Å². The van der Waals surface area contributed by atoms with Crippen molar-refractivity contribution in [3.8, 4) is 0 Å². The average molecular weight is 268 g/mol. The average Bonchev–Trinajstić information content (AvgIpc) is 2.40. The van der Waals surface area contributed by atoms with Gasteiger partial charge in [0.15, 0.2) is 0 Å². The Morgan fingerprint density at radius 1 is 1.11 bits per heavy atom. The maximum absolute atomic E-state index is 12.0. The highest BCUT2D eigenvalue weighted by molar-refractivity contribution is 5.72. The Kier molecular flexibility index (Phi) is 5.26. The van der Waals surface area contributed by atoms with Crippen LogP contribution in [0.5, 0.6) is 0 Å². The lowest BCUT2D eigenvalue weighted by Gasteiger charge is -2.32. The first-order valence-electron chi connectivity index (χ1n) is 7.84. The van der Waals surface area contributed by atoms with E-state index in [0.29, 0.717) is 25.2 Å². The second kappa shape index (κ2) is 6.74. The van der Waals surface area contributed by atoms with E-state index in [4.69, 9.17) is 9.47 Å². The van der Waals surface area contributed by atoms with Crippen LogP contribution in [0.25, 0.3) is 0 Å². The van der Waals surface area contributed by atoms with E-state index in [9.17, 15) is 4.79 Å². The van der Waals surface area contributed by atoms with E-state index in [1.807, 2.05) is 0 Å². The lowest BCUT2D eigenvalue weighted by molar-refractivity contribution is -0.156. The van der Waals surface area contributed by atoms with Crippen molar-refractivity contribution in [1.82, 2.24) is 0 Å². The summed E-state index contributed by atoms with van der Waals surface area (Å²) in [5, 5.41) is 0. The molecule has 0 aromatic rings. The van der Waals surface area contributed by atoms with Gasteiger partial charge in [-0.05, 0) is 50.4 Å². The van der Waals surface area contributed by atoms with Crippen LogP contribution in [0.1, 0.15) is 52.9 Å². The lowest BCUT2D eigenvalue weighted by Crippen LogP contribution is -2.32. The van der Waals surface area contributed by atoms with Crippen LogP contribution in [0.4, 0.5) is 0 Å². The second-order valence-electron chi connectivity index (χ2n) is 6.68. The third-order valence-corrected chi connectivity index (χ3v) is 5.00. The standard InChI is InChI=1S/C16H28O3/c1-11-4-6-14(8-12(11)2)9-19-16(17)15-7-5-13(3)18-10-15/h11-15H,4-10H2,1-3H3. The predicted molar refractivity (Wildman–Crippen MR) is 74.8 cm³/mol. The number of esters is 1. The zero-order valence-corrected chi connectivity index (χ0v) is 12.6. The van der Waals surface area contributed by atoms with E-state index >= 15 is 0 Å². The topological polar surface area (TPSA) is 35.5 Å². The summed E-state index contributed by atoms with van der Waals surface area (Å²) in [6.45, 7) is 7.86. The summed E-state index contributed by atoms with van der Waals surface area (Å²) < 4.78 is 11.1. The number of carbonyl (C=O) groups is 1. The Morgan fingerprint density at radius 2 is 1.89 bits per heavy atom. The van der Waals surface area contributed by atoms with Gasteiger partial charge in [-0.25, -0.2) is 0 Å². The van der Waals surface area contributed by atoms with Gasteiger partial charge in [0.25, 0.3) is 0 Å². The molecule has 0 N–H and O–H groups in total. The Labute approximate surface area is 117 Å². The fourth-order valence-corrected chi connectivity index (χ4v) is 3.20. The molecule has 5 atom stereocenters. The van der Waals surface area contributed by atoms with Gasteiger partial charge in [0.1, 0.15) is 0 Å². The molecule has 0 aromatic carbocycles. The molecule has 3 nitrogen and oxygen atoms in total. The number of carbonyl (C=O) groups excluding carboxylic acids is 1. The molecule has 2 fully saturated rings. The van der Waals surface area contributed by atoms with E-state index in [1.54, 1.807) is 0 Å². The molecular formula is C16H28O3. The van der Waals surface area contributed by atoms with Gasteiger partial charge in [0.05, 0.1) is 25.2 Å². The third-order valence-electron chi connectivity index (χ3n) is 5.00. The summed E-state index contributed by atoms with van der Waals surface area (Å²) in [4.78, 5) is 12.0. The molecule has 1 heterocycles. The molecule has 0 bridgehead atoms. The minimum absolute atomic E-state index is 0.0314. The minimum Gasteiger partial charge on any atom is -0.465 e. The molecule has 19 heavy (non-hydrogen) atoms. The summed E-state index contributed by atoms with van der Waals surface area (Å²) in [7, 11) is 0. The first kappa shape index (κ1) is 14.8. The molecule has 2 rings (SSSR count). The molecule has 110 valence electrons. The molecule has 1 aliphatic carbocycles. The normalized spacial score (nSPS) is 39.8. The molecule has 0 radical (unpaired) electrons. The molecule has 1 saturated heterocycles. The van der Waals surface area contributed by atoms with Gasteiger partial charge in [0, 0.05) is 0 Å². The predicted octanol–water partition coefficient (Wildman–Crippen LogP) is 3.42. The lowest BCUT2D eigenvalue weighted by atomic mass is 9.76. The molecule has 2 aliphatic rings. The van der Waals surface area contributed by atoms with E-state index in [-0.39, 0.29) is 11.9 Å². The number of hydrogen-bond acceptors (Lipinski definition) is 3. The van der Waals surface area contributed by atoms with Crippen molar-refractivity contribution in [2.75, 3.05) is 13.2 Å². The SMILES string of the molecule is CC1CCC(C(=O)OCC2CCC(C)C(C)C2)CO1. The van der Waals surface area contributed by atoms with Crippen LogP contribution in [0.3, 0.4) is 0 Å². The van der Waals surface area contributed by atoms with E-state index in [1.165, 1.54) is 19.3 Å². The molecule has 3 heteroatoms. The highest BCUT2D eigenvalue weighted by atomic mass is 16.5. The fraction of sp³-hybridized carbons (Fsp3) is 0.938. The first-order valence-corrected chi connectivity index (χ1v) is 7.84. The second-order valence-corrected chi connectivity index (χ2v) is 6.68. The van der Waals surface area contributed by atoms with Crippen molar-refractivity contribution in [1.29, 1.82) is 0 Å². The maximum atomic E-state index is 12.0. The minimum atomic E-state index is -0.0434. The van der Waals surface area contributed by atoms with Crippen LogP contribution in [0, 0.1) is 23.7 Å². The van der Waals surface area contributed by atoms with Gasteiger partial charge in [-0.1, -0.05) is 20.3 Å². The molecule has 0 spiro atoms.